The van der Waals surface area contributed by atoms with E-state index in [1.54, 1.807) is 13.8 Å². The van der Waals surface area contributed by atoms with Gasteiger partial charge in [0.25, 0.3) is 0 Å². The summed E-state index contributed by atoms with van der Waals surface area (Å²) < 4.78 is 4.78. The zero-order valence-electron chi connectivity index (χ0n) is 7.13. The second-order valence-electron chi connectivity index (χ2n) is 2.60. The summed E-state index contributed by atoms with van der Waals surface area (Å²) in [5.41, 5.74) is 0.763. The van der Waals surface area contributed by atoms with Crippen molar-refractivity contribution in [3.05, 3.63) is 12.2 Å². The molecule has 0 aliphatic carbocycles. The van der Waals surface area contributed by atoms with E-state index in [9.17, 15) is 4.79 Å². The molecule has 0 aromatic carbocycles. The number of ether oxygens (including phenoxy) is 1. The van der Waals surface area contributed by atoms with Crippen molar-refractivity contribution in [2.45, 2.75) is 33.0 Å². The van der Waals surface area contributed by atoms with E-state index in [2.05, 4.69) is 6.58 Å². The summed E-state index contributed by atoms with van der Waals surface area (Å²) in [6, 6.07) is 0. The van der Waals surface area contributed by atoms with Gasteiger partial charge >= 0.3 is 5.97 Å². The smallest absolute Gasteiger partial charge is 0.335 e. The van der Waals surface area contributed by atoms with E-state index in [0.717, 1.165) is 5.57 Å². The van der Waals surface area contributed by atoms with Crippen LogP contribution in [0, 0.1) is 0 Å². The molecule has 0 fully saturated rings. The molecule has 0 amide bonds. The van der Waals surface area contributed by atoms with E-state index >= 15 is 0 Å². The lowest BCUT2D eigenvalue weighted by molar-refractivity contribution is -0.155. The number of esters is 1. The van der Waals surface area contributed by atoms with Crippen molar-refractivity contribution in [2.24, 2.45) is 0 Å². The van der Waals surface area contributed by atoms with Gasteiger partial charge < -0.3 is 9.84 Å². The number of aliphatic hydroxyl groups is 1. The lowest BCUT2D eigenvalue weighted by Crippen LogP contribution is -2.24. The van der Waals surface area contributed by atoms with Crippen molar-refractivity contribution in [1.82, 2.24) is 0 Å². The van der Waals surface area contributed by atoms with Crippen LogP contribution in [0.25, 0.3) is 0 Å². The first kappa shape index (κ1) is 10.2. The van der Waals surface area contributed by atoms with Crippen LogP contribution < -0.4 is 0 Å². The summed E-state index contributed by atoms with van der Waals surface area (Å²) in [6.45, 7) is 8.45. The molecule has 0 spiro atoms. The molecular weight excluding hydrogens is 144 g/mol. The fourth-order valence-corrected chi connectivity index (χ4v) is 0.373. The van der Waals surface area contributed by atoms with Crippen LogP contribution in [0.3, 0.4) is 0 Å². The average molecular weight is 158 g/mol. The molecule has 0 saturated heterocycles. The molecule has 2 atom stereocenters. The Morgan fingerprint density at radius 2 is 2.00 bits per heavy atom. The standard InChI is InChI=1S/C8H14O3/c1-5(2)7(4)11-8(10)6(3)9/h6-7,9H,1H2,2-4H3/t6-,7?/m0/s1. The van der Waals surface area contributed by atoms with Gasteiger partial charge in [-0.2, -0.15) is 0 Å². The van der Waals surface area contributed by atoms with Crippen molar-refractivity contribution < 1.29 is 14.6 Å². The minimum absolute atomic E-state index is 0.322. The summed E-state index contributed by atoms with van der Waals surface area (Å²) in [6.07, 6.45) is -1.38. The summed E-state index contributed by atoms with van der Waals surface area (Å²) in [5, 5.41) is 8.75. The molecule has 0 aliphatic rings. The van der Waals surface area contributed by atoms with Gasteiger partial charge in [-0.25, -0.2) is 4.79 Å². The number of hydrogen-bond acceptors (Lipinski definition) is 3. The maximum Gasteiger partial charge on any atom is 0.335 e. The number of carbonyl (C=O) groups is 1. The Morgan fingerprint density at radius 3 is 2.27 bits per heavy atom. The third-order valence-corrected chi connectivity index (χ3v) is 1.33. The van der Waals surface area contributed by atoms with Gasteiger partial charge in [0.15, 0.2) is 0 Å². The molecule has 3 nitrogen and oxygen atoms in total. The van der Waals surface area contributed by atoms with E-state index in [-0.39, 0.29) is 6.10 Å². The van der Waals surface area contributed by atoms with E-state index in [1.165, 1.54) is 6.92 Å². The molecule has 0 radical (unpaired) electrons. The van der Waals surface area contributed by atoms with E-state index in [4.69, 9.17) is 9.84 Å². The Kier molecular flexibility index (Phi) is 3.82. The predicted octanol–water partition coefficient (Wildman–Crippen LogP) is 0.875. The molecule has 3 heteroatoms. The zero-order chi connectivity index (χ0) is 9.02. The van der Waals surface area contributed by atoms with Gasteiger partial charge in [0.1, 0.15) is 12.2 Å². The molecule has 64 valence electrons. The van der Waals surface area contributed by atoms with Crippen molar-refractivity contribution >= 4 is 5.97 Å². The minimum atomic E-state index is -1.06. The Balaban J connectivity index is 3.85. The van der Waals surface area contributed by atoms with Crippen molar-refractivity contribution in [2.75, 3.05) is 0 Å². The third kappa shape index (κ3) is 3.78. The summed E-state index contributed by atoms with van der Waals surface area (Å²) in [7, 11) is 0. The Bertz CT molecular complexity index is 161. The molecule has 0 aliphatic heterocycles. The average Bonchev–Trinajstić information content (AvgIpc) is 1.87. The van der Waals surface area contributed by atoms with Crippen LogP contribution in [-0.4, -0.2) is 23.3 Å². The highest BCUT2D eigenvalue weighted by Gasteiger charge is 2.14. The van der Waals surface area contributed by atoms with Crippen molar-refractivity contribution in [3.8, 4) is 0 Å². The van der Waals surface area contributed by atoms with Gasteiger partial charge in [0.2, 0.25) is 0 Å². The molecule has 11 heavy (non-hydrogen) atoms. The highest BCUT2D eigenvalue weighted by atomic mass is 16.6. The quantitative estimate of drug-likeness (QED) is 0.489. The highest BCUT2D eigenvalue weighted by Crippen LogP contribution is 2.03. The number of hydrogen-bond donors (Lipinski definition) is 1. The van der Waals surface area contributed by atoms with Crippen LogP contribution in [-0.2, 0) is 9.53 Å². The molecule has 0 aromatic rings. The molecule has 1 N–H and O–H groups in total. The van der Waals surface area contributed by atoms with Crippen LogP contribution in [0.15, 0.2) is 12.2 Å². The maximum absolute atomic E-state index is 10.7. The monoisotopic (exact) mass is 158 g/mol. The largest absolute Gasteiger partial charge is 0.456 e. The molecule has 0 bridgehead atoms. The van der Waals surface area contributed by atoms with Gasteiger partial charge in [0, 0.05) is 0 Å². The molecule has 1 unspecified atom stereocenters. The maximum atomic E-state index is 10.7. The highest BCUT2D eigenvalue weighted by molar-refractivity contribution is 5.74. The number of aliphatic hydroxyl groups excluding tert-OH is 1. The van der Waals surface area contributed by atoms with E-state index < -0.39 is 12.1 Å². The van der Waals surface area contributed by atoms with Gasteiger partial charge in [-0.3, -0.25) is 0 Å². The van der Waals surface area contributed by atoms with Crippen LogP contribution in [0.1, 0.15) is 20.8 Å². The second kappa shape index (κ2) is 4.13. The first-order valence-corrected chi connectivity index (χ1v) is 3.49. The fraction of sp³-hybridized carbons (Fsp3) is 0.625. The summed E-state index contributed by atoms with van der Waals surface area (Å²) in [4.78, 5) is 10.7. The number of carbonyl (C=O) groups excluding carboxylic acids is 1. The molecular formula is C8H14O3. The summed E-state index contributed by atoms with van der Waals surface area (Å²) >= 11 is 0. The fourth-order valence-electron chi connectivity index (χ4n) is 0.373. The first-order chi connectivity index (χ1) is 4.95. The predicted molar refractivity (Wildman–Crippen MR) is 42.0 cm³/mol. The topological polar surface area (TPSA) is 46.5 Å². The van der Waals surface area contributed by atoms with Gasteiger partial charge in [-0.05, 0) is 26.3 Å². The van der Waals surface area contributed by atoms with Crippen molar-refractivity contribution in [1.29, 1.82) is 0 Å². The zero-order valence-corrected chi connectivity index (χ0v) is 7.13. The molecule has 0 rings (SSSR count). The molecule has 0 saturated carbocycles. The van der Waals surface area contributed by atoms with E-state index in [1.807, 2.05) is 0 Å². The molecule has 0 aromatic heterocycles. The third-order valence-electron chi connectivity index (χ3n) is 1.33. The second-order valence-corrected chi connectivity index (χ2v) is 2.60. The van der Waals surface area contributed by atoms with E-state index in [0.29, 0.717) is 0 Å². The minimum Gasteiger partial charge on any atom is -0.456 e. The van der Waals surface area contributed by atoms with Crippen LogP contribution in [0.5, 0.6) is 0 Å². The van der Waals surface area contributed by atoms with Gasteiger partial charge in [-0.15, -0.1) is 0 Å². The Labute approximate surface area is 66.7 Å². The Hall–Kier alpha value is -0.830. The SMILES string of the molecule is C=C(C)C(C)OC(=O)[C@H](C)O. The lowest BCUT2D eigenvalue weighted by atomic mass is 10.2. The van der Waals surface area contributed by atoms with Gasteiger partial charge in [-0.1, -0.05) is 6.58 Å². The van der Waals surface area contributed by atoms with Crippen molar-refractivity contribution in [3.63, 3.8) is 0 Å². The van der Waals surface area contributed by atoms with Gasteiger partial charge in [0.05, 0.1) is 0 Å². The van der Waals surface area contributed by atoms with Crippen LogP contribution in [0.4, 0.5) is 0 Å². The normalized spacial score (nSPS) is 15.3. The lowest BCUT2D eigenvalue weighted by Gasteiger charge is -2.13. The van der Waals surface area contributed by atoms with Crippen LogP contribution >= 0.6 is 0 Å². The first-order valence-electron chi connectivity index (χ1n) is 3.49. The summed E-state index contributed by atoms with van der Waals surface area (Å²) in [5.74, 6) is -0.611. The Morgan fingerprint density at radius 1 is 1.55 bits per heavy atom. The molecule has 0 heterocycles. The number of rotatable bonds is 3. The van der Waals surface area contributed by atoms with Crippen LogP contribution in [0.2, 0.25) is 0 Å².